The molecule has 0 radical (unpaired) electrons. The summed E-state index contributed by atoms with van der Waals surface area (Å²) in [5.74, 6) is 1.58. The summed E-state index contributed by atoms with van der Waals surface area (Å²) in [6.45, 7) is 1.90. The van der Waals surface area contributed by atoms with Gasteiger partial charge in [0, 0.05) is 0 Å². The minimum atomic E-state index is 0.492. The van der Waals surface area contributed by atoms with E-state index in [4.69, 9.17) is 11.6 Å². The second-order valence-corrected chi connectivity index (χ2v) is 4.28. The topological polar surface area (TPSA) is 25.8 Å². The monoisotopic (exact) mass is 266 g/mol. The van der Waals surface area contributed by atoms with Crippen molar-refractivity contribution in [2.45, 2.75) is 12.7 Å². The molecule has 5 heteroatoms. The van der Waals surface area contributed by atoms with Gasteiger partial charge in [0.15, 0.2) is 0 Å². The summed E-state index contributed by atoms with van der Waals surface area (Å²) in [4.78, 5) is 8.37. The number of rotatable bonds is 2. The van der Waals surface area contributed by atoms with Gasteiger partial charge in [-0.25, -0.2) is 9.97 Å². The molecule has 2 nitrogen and oxygen atoms in total. The molecule has 0 atom stereocenters. The molecule has 0 aliphatic rings. The predicted octanol–water partition coefficient (Wildman–Crippen LogP) is 3.06. The van der Waals surface area contributed by atoms with Crippen LogP contribution in [-0.4, -0.2) is 16.2 Å². The minimum Gasteiger partial charge on any atom is -0.236 e. The lowest BCUT2D eigenvalue weighted by molar-refractivity contribution is 0.986. The van der Waals surface area contributed by atoms with Crippen molar-refractivity contribution in [2.24, 2.45) is 0 Å². The van der Waals surface area contributed by atoms with Crippen molar-refractivity contribution in [3.8, 4) is 0 Å². The summed E-state index contributed by atoms with van der Waals surface area (Å²) >= 11 is 10.8. The minimum absolute atomic E-state index is 0.492. The Balaban J connectivity index is 3.04. The summed E-state index contributed by atoms with van der Waals surface area (Å²) < 4.78 is 0.786. The van der Waals surface area contributed by atoms with Crippen LogP contribution in [0.25, 0.3) is 0 Å². The first-order valence-corrected chi connectivity index (χ1v) is 5.89. The zero-order valence-corrected chi connectivity index (χ0v) is 9.92. The molecule has 12 heavy (non-hydrogen) atoms. The lowest BCUT2D eigenvalue weighted by atomic mass is 10.4. The van der Waals surface area contributed by atoms with Crippen molar-refractivity contribution in [3.05, 3.63) is 21.1 Å². The Morgan fingerprint density at radius 1 is 1.50 bits per heavy atom. The first-order chi connectivity index (χ1) is 5.65. The highest BCUT2D eigenvalue weighted by atomic mass is 79.9. The van der Waals surface area contributed by atoms with Gasteiger partial charge in [-0.2, -0.15) is 11.8 Å². The van der Waals surface area contributed by atoms with E-state index in [1.165, 1.54) is 0 Å². The van der Waals surface area contributed by atoms with Crippen LogP contribution in [-0.2, 0) is 5.75 Å². The fourth-order valence-corrected chi connectivity index (χ4v) is 1.57. The Kier molecular flexibility index (Phi) is 3.80. The second kappa shape index (κ2) is 4.44. The molecule has 0 bridgehead atoms. The highest BCUT2D eigenvalue weighted by molar-refractivity contribution is 9.10. The van der Waals surface area contributed by atoms with Gasteiger partial charge in [0.1, 0.15) is 11.0 Å². The number of nitrogens with zero attached hydrogens (tertiary/aromatic N) is 2. The van der Waals surface area contributed by atoms with Crippen molar-refractivity contribution in [2.75, 3.05) is 6.26 Å². The fraction of sp³-hybridized carbons (Fsp3) is 0.429. The molecule has 0 fully saturated rings. The van der Waals surface area contributed by atoms with Crippen LogP contribution in [0.1, 0.15) is 11.5 Å². The Bertz CT molecular complexity index is 270. The molecule has 66 valence electrons. The van der Waals surface area contributed by atoms with E-state index in [1.807, 2.05) is 13.2 Å². The molecule has 0 N–H and O–H groups in total. The highest BCUT2D eigenvalue weighted by Gasteiger charge is 2.05. The van der Waals surface area contributed by atoms with Gasteiger partial charge < -0.3 is 0 Å². The summed E-state index contributed by atoms with van der Waals surface area (Å²) in [6, 6.07) is 0. The molecule has 1 aromatic heterocycles. The van der Waals surface area contributed by atoms with Gasteiger partial charge in [0.2, 0.25) is 0 Å². The Morgan fingerprint density at radius 2 is 2.17 bits per heavy atom. The van der Waals surface area contributed by atoms with Gasteiger partial charge in [0.05, 0.1) is 15.9 Å². The molecule has 0 spiro atoms. The summed E-state index contributed by atoms with van der Waals surface area (Å²) in [7, 11) is 0. The molecular formula is C7H8BrClN2S. The molecule has 0 unspecified atom stereocenters. The molecule has 0 aliphatic carbocycles. The Labute approximate surface area is 89.3 Å². The summed E-state index contributed by atoms with van der Waals surface area (Å²) in [5.41, 5.74) is 0.888. The summed E-state index contributed by atoms with van der Waals surface area (Å²) in [6.07, 6.45) is 2.01. The lowest BCUT2D eigenvalue weighted by Crippen LogP contribution is -1.96. The van der Waals surface area contributed by atoms with Gasteiger partial charge in [-0.05, 0) is 29.1 Å². The molecule has 1 heterocycles. The maximum atomic E-state index is 5.85. The second-order valence-electron chi connectivity index (χ2n) is 2.26. The van der Waals surface area contributed by atoms with E-state index >= 15 is 0 Å². The molecule has 1 rings (SSSR count). The average Bonchev–Trinajstić information content (AvgIpc) is 2.01. The normalized spacial score (nSPS) is 10.3. The largest absolute Gasteiger partial charge is 0.236 e. The van der Waals surface area contributed by atoms with Crippen molar-refractivity contribution in [1.82, 2.24) is 9.97 Å². The van der Waals surface area contributed by atoms with Crippen LogP contribution in [0.3, 0.4) is 0 Å². The van der Waals surface area contributed by atoms with E-state index in [0.717, 1.165) is 21.7 Å². The van der Waals surface area contributed by atoms with E-state index in [9.17, 15) is 0 Å². The molecule has 0 aromatic carbocycles. The highest BCUT2D eigenvalue weighted by Crippen LogP contribution is 2.23. The molecule has 0 saturated carbocycles. The van der Waals surface area contributed by atoms with E-state index in [1.54, 1.807) is 11.8 Å². The molecule has 0 amide bonds. The number of thioether (sulfide) groups is 1. The van der Waals surface area contributed by atoms with Crippen LogP contribution in [0.4, 0.5) is 0 Å². The molecular weight excluding hydrogens is 260 g/mol. The SMILES string of the molecule is CSCc1nc(C)c(Br)c(Cl)n1. The van der Waals surface area contributed by atoms with Crippen LogP contribution in [0.2, 0.25) is 5.15 Å². The first-order valence-electron chi connectivity index (χ1n) is 3.32. The van der Waals surface area contributed by atoms with Crippen molar-refractivity contribution in [1.29, 1.82) is 0 Å². The van der Waals surface area contributed by atoms with E-state index in [2.05, 4.69) is 25.9 Å². The van der Waals surface area contributed by atoms with E-state index < -0.39 is 0 Å². The van der Waals surface area contributed by atoms with E-state index in [-0.39, 0.29) is 0 Å². The van der Waals surface area contributed by atoms with Crippen LogP contribution < -0.4 is 0 Å². The average molecular weight is 268 g/mol. The third kappa shape index (κ3) is 2.34. The molecule has 0 saturated heterocycles. The predicted molar refractivity (Wildman–Crippen MR) is 56.7 cm³/mol. The first kappa shape index (κ1) is 10.3. The van der Waals surface area contributed by atoms with Crippen LogP contribution in [0.5, 0.6) is 0 Å². The number of hydrogen-bond donors (Lipinski definition) is 0. The number of aryl methyl sites for hydroxylation is 1. The van der Waals surface area contributed by atoms with Gasteiger partial charge in [-0.3, -0.25) is 0 Å². The van der Waals surface area contributed by atoms with Crippen molar-refractivity contribution < 1.29 is 0 Å². The quantitative estimate of drug-likeness (QED) is 0.770. The third-order valence-corrected chi connectivity index (χ3v) is 3.29. The Morgan fingerprint density at radius 3 is 2.67 bits per heavy atom. The third-order valence-electron chi connectivity index (χ3n) is 1.30. The Hall–Kier alpha value is 0.200. The van der Waals surface area contributed by atoms with Crippen LogP contribution in [0.15, 0.2) is 4.47 Å². The fourth-order valence-electron chi connectivity index (χ4n) is 0.773. The zero-order valence-electron chi connectivity index (χ0n) is 6.77. The van der Waals surface area contributed by atoms with Crippen LogP contribution >= 0.6 is 39.3 Å². The lowest BCUT2D eigenvalue weighted by Gasteiger charge is -2.02. The standard InChI is InChI=1S/C7H8BrClN2S/c1-4-6(8)7(9)11-5(10-4)3-12-2/h3H2,1-2H3. The van der Waals surface area contributed by atoms with Gasteiger partial charge in [-0.1, -0.05) is 11.6 Å². The maximum absolute atomic E-state index is 5.85. The van der Waals surface area contributed by atoms with Gasteiger partial charge >= 0.3 is 0 Å². The van der Waals surface area contributed by atoms with Gasteiger partial charge in [0.25, 0.3) is 0 Å². The summed E-state index contributed by atoms with van der Waals surface area (Å²) in [5, 5.41) is 0.492. The van der Waals surface area contributed by atoms with Crippen LogP contribution in [0, 0.1) is 6.92 Å². The number of hydrogen-bond acceptors (Lipinski definition) is 3. The zero-order chi connectivity index (χ0) is 9.14. The maximum Gasteiger partial charge on any atom is 0.147 e. The number of halogens is 2. The van der Waals surface area contributed by atoms with Gasteiger partial charge in [-0.15, -0.1) is 0 Å². The smallest absolute Gasteiger partial charge is 0.147 e. The van der Waals surface area contributed by atoms with Crippen molar-refractivity contribution in [3.63, 3.8) is 0 Å². The molecule has 1 aromatic rings. The number of aromatic nitrogens is 2. The van der Waals surface area contributed by atoms with E-state index in [0.29, 0.717) is 5.15 Å². The molecule has 0 aliphatic heterocycles. The van der Waals surface area contributed by atoms with Crippen molar-refractivity contribution >= 4 is 39.3 Å².